The largest absolute Gasteiger partial charge is 0.508 e. The van der Waals surface area contributed by atoms with Crippen LogP contribution in [-0.2, 0) is 6.42 Å². The van der Waals surface area contributed by atoms with Gasteiger partial charge in [0.2, 0.25) is 0 Å². The number of ketones is 1. The summed E-state index contributed by atoms with van der Waals surface area (Å²) < 4.78 is 13.1. The van der Waals surface area contributed by atoms with Gasteiger partial charge in [0.05, 0.1) is 0 Å². The van der Waals surface area contributed by atoms with Gasteiger partial charge >= 0.3 is 0 Å². The topological polar surface area (TPSA) is 37.3 Å². The van der Waals surface area contributed by atoms with Gasteiger partial charge in [0.1, 0.15) is 11.6 Å². The Morgan fingerprint density at radius 2 is 1.83 bits per heavy atom. The van der Waals surface area contributed by atoms with Crippen molar-refractivity contribution in [1.29, 1.82) is 0 Å². The summed E-state index contributed by atoms with van der Waals surface area (Å²) in [6.45, 7) is 1.63. The molecule has 2 rings (SSSR count). The van der Waals surface area contributed by atoms with Crippen LogP contribution in [0.4, 0.5) is 4.39 Å². The number of phenols is 1. The summed E-state index contributed by atoms with van der Waals surface area (Å²) in [7, 11) is 0. The number of carbonyl (C=O) groups is 1. The van der Waals surface area contributed by atoms with Gasteiger partial charge in [-0.15, -0.1) is 0 Å². The number of phenolic OH excluding ortho intramolecular Hbond substituents is 1. The molecule has 0 spiro atoms. The standard InChI is InChI=1S/C15H13FO2/c1-10-8-12(4-7-14(10)16)15(18)9-11-2-5-13(17)6-3-11/h2-8,17H,9H2,1H3. The molecular formula is C15H13FO2. The van der Waals surface area contributed by atoms with Crippen molar-refractivity contribution < 1.29 is 14.3 Å². The first-order chi connectivity index (χ1) is 8.56. The molecule has 0 bridgehead atoms. The Morgan fingerprint density at radius 1 is 1.17 bits per heavy atom. The van der Waals surface area contributed by atoms with Gasteiger partial charge in [-0.05, 0) is 48.4 Å². The predicted molar refractivity (Wildman–Crippen MR) is 67.3 cm³/mol. The van der Waals surface area contributed by atoms with Gasteiger partial charge in [0.15, 0.2) is 5.78 Å². The molecule has 0 amide bonds. The lowest BCUT2D eigenvalue weighted by Gasteiger charge is -2.04. The molecule has 18 heavy (non-hydrogen) atoms. The van der Waals surface area contributed by atoms with Gasteiger partial charge in [-0.3, -0.25) is 4.79 Å². The minimum Gasteiger partial charge on any atom is -0.508 e. The third-order valence-corrected chi connectivity index (χ3v) is 2.78. The van der Waals surface area contributed by atoms with Crippen molar-refractivity contribution in [2.45, 2.75) is 13.3 Å². The van der Waals surface area contributed by atoms with Crippen LogP contribution in [0.25, 0.3) is 0 Å². The normalized spacial score (nSPS) is 10.3. The first-order valence-electron chi connectivity index (χ1n) is 5.63. The Balaban J connectivity index is 2.16. The van der Waals surface area contributed by atoms with E-state index in [0.29, 0.717) is 11.1 Å². The van der Waals surface area contributed by atoms with Crippen molar-refractivity contribution in [3.63, 3.8) is 0 Å². The molecule has 0 heterocycles. The molecule has 0 aliphatic carbocycles. The molecule has 0 aliphatic heterocycles. The zero-order chi connectivity index (χ0) is 13.1. The molecule has 0 unspecified atom stereocenters. The second-order valence-electron chi connectivity index (χ2n) is 4.23. The van der Waals surface area contributed by atoms with E-state index in [1.54, 1.807) is 37.3 Å². The average molecular weight is 244 g/mol. The van der Waals surface area contributed by atoms with Crippen LogP contribution in [0, 0.1) is 12.7 Å². The third kappa shape index (κ3) is 2.74. The van der Waals surface area contributed by atoms with E-state index in [9.17, 15) is 9.18 Å². The van der Waals surface area contributed by atoms with Crippen LogP contribution in [0.1, 0.15) is 21.5 Å². The molecule has 0 radical (unpaired) electrons. The maximum Gasteiger partial charge on any atom is 0.167 e. The maximum absolute atomic E-state index is 13.1. The van der Waals surface area contributed by atoms with E-state index in [1.165, 1.54) is 12.1 Å². The predicted octanol–water partition coefficient (Wildman–Crippen LogP) is 3.27. The number of carbonyl (C=O) groups excluding carboxylic acids is 1. The molecule has 2 nitrogen and oxygen atoms in total. The Kier molecular flexibility index (Phi) is 3.42. The number of hydrogen-bond acceptors (Lipinski definition) is 2. The number of aromatic hydroxyl groups is 1. The fourth-order valence-corrected chi connectivity index (χ4v) is 1.72. The molecule has 0 saturated heterocycles. The molecule has 0 aromatic heterocycles. The van der Waals surface area contributed by atoms with Crippen molar-refractivity contribution >= 4 is 5.78 Å². The first kappa shape index (κ1) is 12.3. The Bertz CT molecular complexity index is 574. The van der Waals surface area contributed by atoms with Gasteiger partial charge < -0.3 is 5.11 Å². The number of benzene rings is 2. The summed E-state index contributed by atoms with van der Waals surface area (Å²) in [6, 6.07) is 10.8. The summed E-state index contributed by atoms with van der Waals surface area (Å²) in [5.74, 6) is -0.205. The van der Waals surface area contributed by atoms with Gasteiger partial charge in [0.25, 0.3) is 0 Å². The highest BCUT2D eigenvalue weighted by atomic mass is 19.1. The zero-order valence-corrected chi connectivity index (χ0v) is 9.98. The van der Waals surface area contributed by atoms with E-state index in [4.69, 9.17) is 5.11 Å². The number of aryl methyl sites for hydroxylation is 1. The monoisotopic (exact) mass is 244 g/mol. The molecule has 2 aromatic carbocycles. The summed E-state index contributed by atoms with van der Waals surface area (Å²) in [5, 5.41) is 9.15. The fourth-order valence-electron chi connectivity index (χ4n) is 1.72. The van der Waals surface area contributed by atoms with Crippen molar-refractivity contribution in [2.24, 2.45) is 0 Å². The zero-order valence-electron chi connectivity index (χ0n) is 9.98. The Labute approximate surface area is 105 Å². The van der Waals surface area contributed by atoms with Crippen molar-refractivity contribution in [3.8, 4) is 5.75 Å². The highest BCUT2D eigenvalue weighted by Crippen LogP contribution is 2.14. The summed E-state index contributed by atoms with van der Waals surface area (Å²) in [6.07, 6.45) is 0.241. The molecule has 3 heteroatoms. The smallest absolute Gasteiger partial charge is 0.167 e. The van der Waals surface area contributed by atoms with Crippen LogP contribution >= 0.6 is 0 Å². The Morgan fingerprint density at radius 3 is 2.44 bits per heavy atom. The van der Waals surface area contributed by atoms with Crippen molar-refractivity contribution in [3.05, 3.63) is 65.0 Å². The summed E-state index contributed by atoms with van der Waals surface area (Å²) >= 11 is 0. The van der Waals surface area contributed by atoms with Crippen LogP contribution in [0.15, 0.2) is 42.5 Å². The number of halogens is 1. The second-order valence-corrected chi connectivity index (χ2v) is 4.23. The molecule has 0 fully saturated rings. The Hall–Kier alpha value is -2.16. The SMILES string of the molecule is Cc1cc(C(=O)Cc2ccc(O)cc2)ccc1F. The average Bonchev–Trinajstić information content (AvgIpc) is 2.35. The quantitative estimate of drug-likeness (QED) is 0.841. The van der Waals surface area contributed by atoms with Crippen LogP contribution in [0.5, 0.6) is 5.75 Å². The molecular weight excluding hydrogens is 231 g/mol. The lowest BCUT2D eigenvalue weighted by Crippen LogP contribution is -2.04. The molecule has 0 aliphatic rings. The van der Waals surface area contributed by atoms with E-state index in [2.05, 4.69) is 0 Å². The number of rotatable bonds is 3. The fraction of sp³-hybridized carbons (Fsp3) is 0.133. The van der Waals surface area contributed by atoms with Gasteiger partial charge in [-0.25, -0.2) is 4.39 Å². The summed E-state index contributed by atoms with van der Waals surface area (Å²) in [4.78, 5) is 12.0. The van der Waals surface area contributed by atoms with E-state index in [-0.39, 0.29) is 23.8 Å². The van der Waals surface area contributed by atoms with Crippen LogP contribution in [0.3, 0.4) is 0 Å². The van der Waals surface area contributed by atoms with Gasteiger partial charge in [-0.1, -0.05) is 12.1 Å². The molecule has 2 aromatic rings. The van der Waals surface area contributed by atoms with E-state index < -0.39 is 0 Å². The van der Waals surface area contributed by atoms with Gasteiger partial charge in [-0.2, -0.15) is 0 Å². The minimum atomic E-state index is -0.309. The first-order valence-corrected chi connectivity index (χ1v) is 5.63. The molecule has 92 valence electrons. The van der Waals surface area contributed by atoms with Crippen LogP contribution in [0.2, 0.25) is 0 Å². The highest BCUT2D eigenvalue weighted by molar-refractivity contribution is 5.97. The van der Waals surface area contributed by atoms with Crippen molar-refractivity contribution in [1.82, 2.24) is 0 Å². The van der Waals surface area contributed by atoms with E-state index in [1.807, 2.05) is 0 Å². The maximum atomic E-state index is 13.1. The summed E-state index contributed by atoms with van der Waals surface area (Å²) in [5.41, 5.74) is 1.79. The van der Waals surface area contributed by atoms with Crippen LogP contribution in [-0.4, -0.2) is 10.9 Å². The second kappa shape index (κ2) is 5.00. The van der Waals surface area contributed by atoms with Crippen LogP contribution < -0.4 is 0 Å². The van der Waals surface area contributed by atoms with Gasteiger partial charge in [0, 0.05) is 12.0 Å². The number of Topliss-reactive ketones (excluding diaryl/α,β-unsaturated/α-hetero) is 1. The number of hydrogen-bond donors (Lipinski definition) is 1. The minimum absolute atomic E-state index is 0.0659. The molecule has 0 atom stereocenters. The lowest BCUT2D eigenvalue weighted by molar-refractivity contribution is 0.0993. The van der Waals surface area contributed by atoms with E-state index >= 15 is 0 Å². The lowest BCUT2D eigenvalue weighted by atomic mass is 10.0. The van der Waals surface area contributed by atoms with Crippen molar-refractivity contribution in [2.75, 3.05) is 0 Å². The van der Waals surface area contributed by atoms with E-state index in [0.717, 1.165) is 5.56 Å². The third-order valence-electron chi connectivity index (χ3n) is 2.78. The molecule has 0 saturated carbocycles. The molecule has 1 N–H and O–H groups in total. The highest BCUT2D eigenvalue weighted by Gasteiger charge is 2.08.